The summed E-state index contributed by atoms with van der Waals surface area (Å²) in [5.74, 6) is 1.45. The van der Waals surface area contributed by atoms with Crippen molar-refractivity contribution in [3.63, 3.8) is 0 Å². The van der Waals surface area contributed by atoms with Crippen molar-refractivity contribution in [2.45, 2.75) is 6.17 Å². The molecular formula is C45H29N3O. The molecule has 49 heavy (non-hydrogen) atoms. The third kappa shape index (κ3) is 4.61. The minimum atomic E-state index is -0.350. The molecule has 0 aliphatic carbocycles. The number of para-hydroxylation sites is 1. The van der Waals surface area contributed by atoms with Gasteiger partial charge in [-0.05, 0) is 73.8 Å². The first-order valence-corrected chi connectivity index (χ1v) is 16.6. The minimum absolute atomic E-state index is 0.350. The van der Waals surface area contributed by atoms with Crippen LogP contribution >= 0.6 is 0 Å². The van der Waals surface area contributed by atoms with Crippen LogP contribution in [-0.2, 0) is 0 Å². The van der Waals surface area contributed by atoms with Crippen LogP contribution in [0.25, 0.3) is 65.4 Å². The molecule has 0 spiro atoms. The van der Waals surface area contributed by atoms with Crippen molar-refractivity contribution in [3.8, 4) is 11.1 Å². The Morgan fingerprint density at radius 2 is 1.16 bits per heavy atom. The van der Waals surface area contributed by atoms with E-state index in [2.05, 4.69) is 151 Å². The largest absolute Gasteiger partial charge is 0.455 e. The van der Waals surface area contributed by atoms with E-state index in [1.165, 1.54) is 32.3 Å². The first-order valence-electron chi connectivity index (χ1n) is 16.6. The molecule has 9 aromatic rings. The summed E-state index contributed by atoms with van der Waals surface area (Å²) in [6, 6.07) is 57.5. The number of benzene rings is 8. The quantitative estimate of drug-likeness (QED) is 0.197. The lowest BCUT2D eigenvalue weighted by Crippen LogP contribution is -2.33. The van der Waals surface area contributed by atoms with Crippen LogP contribution in [0.4, 0.5) is 0 Å². The predicted octanol–water partition coefficient (Wildman–Crippen LogP) is 11.2. The van der Waals surface area contributed by atoms with Gasteiger partial charge in [0.15, 0.2) is 5.84 Å². The summed E-state index contributed by atoms with van der Waals surface area (Å²) in [4.78, 5) is 10.6. The number of nitrogens with zero attached hydrogens (tertiary/aromatic N) is 2. The second kappa shape index (κ2) is 11.0. The number of hydrogen-bond donors (Lipinski definition) is 1. The maximum Gasteiger partial charge on any atom is 0.160 e. The molecule has 4 nitrogen and oxygen atoms in total. The van der Waals surface area contributed by atoms with Gasteiger partial charge >= 0.3 is 0 Å². The van der Waals surface area contributed by atoms with Crippen molar-refractivity contribution in [2.75, 3.05) is 0 Å². The Hall–Kier alpha value is -6.52. The van der Waals surface area contributed by atoms with Gasteiger partial charge < -0.3 is 9.73 Å². The summed E-state index contributed by atoms with van der Waals surface area (Å²) in [5, 5.41) is 13.0. The van der Waals surface area contributed by atoms with Crippen LogP contribution in [0.1, 0.15) is 22.9 Å². The molecule has 0 fully saturated rings. The average molecular weight is 628 g/mol. The Morgan fingerprint density at radius 1 is 0.490 bits per heavy atom. The maximum absolute atomic E-state index is 6.61. The Balaban J connectivity index is 1.21. The molecule has 0 radical (unpaired) electrons. The van der Waals surface area contributed by atoms with Crippen molar-refractivity contribution in [2.24, 2.45) is 9.98 Å². The highest BCUT2D eigenvalue weighted by molar-refractivity contribution is 6.24. The van der Waals surface area contributed by atoms with Gasteiger partial charge in [0.1, 0.15) is 23.2 Å². The molecule has 0 saturated heterocycles. The summed E-state index contributed by atoms with van der Waals surface area (Å²) in [6.45, 7) is 0. The molecule has 4 heteroatoms. The SMILES string of the molecule is c1ccc(-c2ccc(C3=NC(c4ccc5ccccc5c4)NC(c4ccc5ccc6ccccc6c5c4)=N3)c3c2oc2ccccc23)cc1. The van der Waals surface area contributed by atoms with Crippen LogP contribution in [0, 0.1) is 0 Å². The molecule has 8 aromatic carbocycles. The number of fused-ring (bicyclic) bond motifs is 7. The van der Waals surface area contributed by atoms with E-state index in [1.807, 2.05) is 18.2 Å². The average Bonchev–Trinajstić information content (AvgIpc) is 3.57. The summed E-state index contributed by atoms with van der Waals surface area (Å²) < 4.78 is 6.61. The van der Waals surface area contributed by atoms with Crippen molar-refractivity contribution in [3.05, 3.63) is 180 Å². The molecule has 1 unspecified atom stereocenters. The first kappa shape index (κ1) is 27.6. The molecule has 1 aliphatic heterocycles. The van der Waals surface area contributed by atoms with Crippen molar-refractivity contribution in [1.82, 2.24) is 5.32 Å². The summed E-state index contributed by atoms with van der Waals surface area (Å²) in [6.07, 6.45) is -0.350. The lowest BCUT2D eigenvalue weighted by Gasteiger charge is -2.24. The van der Waals surface area contributed by atoms with Crippen LogP contribution in [0.3, 0.4) is 0 Å². The second-order valence-corrected chi connectivity index (χ2v) is 12.6. The number of furan rings is 1. The standard InChI is InChI=1S/C45H29N3O/c1-2-11-29(12-3-1)36-24-25-38(41-37-16-8-9-17-40(37)49-42(36)41)45-47-43(33-22-18-28-10-4-5-14-32(28)26-33)46-44(48-45)34-23-21-31-20-19-30-13-6-7-15-35(30)39(31)27-34/h1-27,43H,(H,46,47,48). The molecule has 1 aromatic heterocycles. The van der Waals surface area contributed by atoms with Gasteiger partial charge in [0.05, 0.1) is 0 Å². The van der Waals surface area contributed by atoms with E-state index in [-0.39, 0.29) is 6.17 Å². The maximum atomic E-state index is 6.61. The van der Waals surface area contributed by atoms with Crippen molar-refractivity contribution in [1.29, 1.82) is 0 Å². The Bertz CT molecular complexity index is 2810. The fourth-order valence-electron chi connectivity index (χ4n) is 7.27. The van der Waals surface area contributed by atoms with E-state index >= 15 is 0 Å². The van der Waals surface area contributed by atoms with Crippen molar-refractivity contribution < 1.29 is 4.42 Å². The normalized spacial score (nSPS) is 14.7. The Kier molecular flexibility index (Phi) is 6.21. The van der Waals surface area contributed by atoms with Crippen LogP contribution in [0.2, 0.25) is 0 Å². The van der Waals surface area contributed by atoms with Gasteiger partial charge in [0.2, 0.25) is 0 Å². The summed E-state index contributed by atoms with van der Waals surface area (Å²) in [7, 11) is 0. The number of aliphatic imine (C=N–C) groups is 2. The van der Waals surface area contributed by atoms with Crippen LogP contribution in [0.15, 0.2) is 178 Å². The molecule has 1 N–H and O–H groups in total. The third-order valence-corrected chi connectivity index (χ3v) is 9.70. The topological polar surface area (TPSA) is 49.9 Å². The molecule has 230 valence electrons. The first-order chi connectivity index (χ1) is 24.3. The number of amidine groups is 2. The molecule has 0 saturated carbocycles. The Morgan fingerprint density at radius 3 is 2.04 bits per heavy atom. The summed E-state index contributed by atoms with van der Waals surface area (Å²) >= 11 is 0. The smallest absolute Gasteiger partial charge is 0.160 e. The highest BCUT2D eigenvalue weighted by atomic mass is 16.3. The van der Waals surface area contributed by atoms with E-state index in [1.54, 1.807) is 0 Å². The van der Waals surface area contributed by atoms with Gasteiger partial charge in [-0.15, -0.1) is 0 Å². The third-order valence-electron chi connectivity index (χ3n) is 9.70. The highest BCUT2D eigenvalue weighted by Gasteiger charge is 2.25. The summed E-state index contributed by atoms with van der Waals surface area (Å²) in [5.41, 5.74) is 6.85. The van der Waals surface area contributed by atoms with Gasteiger partial charge in [0.25, 0.3) is 0 Å². The van der Waals surface area contributed by atoms with Crippen LogP contribution in [-0.4, -0.2) is 11.7 Å². The van der Waals surface area contributed by atoms with Gasteiger partial charge in [-0.1, -0.05) is 133 Å². The fourth-order valence-corrected chi connectivity index (χ4v) is 7.27. The number of nitrogens with one attached hydrogen (secondary N) is 1. The van der Waals surface area contributed by atoms with E-state index in [0.29, 0.717) is 5.84 Å². The minimum Gasteiger partial charge on any atom is -0.455 e. The van der Waals surface area contributed by atoms with Gasteiger partial charge in [-0.25, -0.2) is 9.98 Å². The molecular weight excluding hydrogens is 599 g/mol. The molecule has 2 heterocycles. The van der Waals surface area contributed by atoms with E-state index < -0.39 is 0 Å². The second-order valence-electron chi connectivity index (χ2n) is 12.6. The zero-order valence-electron chi connectivity index (χ0n) is 26.5. The van der Waals surface area contributed by atoms with E-state index in [0.717, 1.165) is 55.6 Å². The van der Waals surface area contributed by atoms with Crippen LogP contribution in [0.5, 0.6) is 0 Å². The monoisotopic (exact) mass is 627 g/mol. The Labute approximate surface area is 282 Å². The molecule has 1 atom stereocenters. The molecule has 0 amide bonds. The van der Waals surface area contributed by atoms with Crippen molar-refractivity contribution >= 4 is 65.9 Å². The van der Waals surface area contributed by atoms with Gasteiger partial charge in [-0.3, -0.25) is 0 Å². The molecule has 0 bridgehead atoms. The fraction of sp³-hybridized carbons (Fsp3) is 0.0222. The lowest BCUT2D eigenvalue weighted by atomic mass is 9.97. The highest BCUT2D eigenvalue weighted by Crippen LogP contribution is 2.39. The van der Waals surface area contributed by atoms with Gasteiger partial charge in [0, 0.05) is 27.5 Å². The molecule has 1 aliphatic rings. The zero-order valence-corrected chi connectivity index (χ0v) is 26.5. The van der Waals surface area contributed by atoms with E-state index in [9.17, 15) is 0 Å². The number of hydrogen-bond acceptors (Lipinski definition) is 4. The van der Waals surface area contributed by atoms with Gasteiger partial charge in [-0.2, -0.15) is 0 Å². The predicted molar refractivity (Wildman–Crippen MR) is 204 cm³/mol. The lowest BCUT2D eigenvalue weighted by molar-refractivity contribution is 0.669. The number of rotatable bonds is 4. The van der Waals surface area contributed by atoms with Crippen LogP contribution < -0.4 is 5.32 Å². The zero-order chi connectivity index (χ0) is 32.3. The molecule has 10 rings (SSSR count). The van der Waals surface area contributed by atoms with E-state index in [4.69, 9.17) is 14.4 Å².